The molecule has 1 aromatic heterocycles. The molecule has 0 bridgehead atoms. The molecule has 0 saturated heterocycles. The van der Waals surface area contributed by atoms with Crippen LogP contribution in [0.25, 0.3) is 0 Å². The van der Waals surface area contributed by atoms with Gasteiger partial charge in [-0.25, -0.2) is 0 Å². The Morgan fingerprint density at radius 1 is 1.07 bits per heavy atom. The molecule has 0 saturated carbocycles. The van der Waals surface area contributed by atoms with Crippen LogP contribution in [0.2, 0.25) is 0 Å². The number of rotatable bonds is 8. The largest absolute Gasteiger partial charge is 0.493 e. The Morgan fingerprint density at radius 3 is 2.48 bits per heavy atom. The van der Waals surface area contributed by atoms with Gasteiger partial charge in [-0.15, -0.1) is 0 Å². The number of ether oxygens (including phenoxy) is 1. The van der Waals surface area contributed by atoms with Gasteiger partial charge in [0.05, 0.1) is 18.8 Å². The summed E-state index contributed by atoms with van der Waals surface area (Å²) in [4.78, 5) is 12.6. The van der Waals surface area contributed by atoms with Gasteiger partial charge in [-0.05, 0) is 61.2 Å². The van der Waals surface area contributed by atoms with Crippen molar-refractivity contribution in [3.63, 3.8) is 0 Å². The summed E-state index contributed by atoms with van der Waals surface area (Å²) in [6.07, 6.45) is 0. The normalized spacial score (nSPS) is 10.9. The topological polar surface area (TPSA) is 56.2 Å². The zero-order chi connectivity index (χ0) is 20.8. The molecule has 0 spiro atoms. The number of aromatic nitrogens is 2. The summed E-state index contributed by atoms with van der Waals surface area (Å²) in [7, 11) is 0. The molecule has 1 heterocycles. The number of nitrogens with one attached hydrogen (secondary N) is 1. The molecule has 3 rings (SSSR count). The highest BCUT2D eigenvalue weighted by Crippen LogP contribution is 2.14. The van der Waals surface area contributed by atoms with Crippen molar-refractivity contribution < 1.29 is 9.53 Å². The summed E-state index contributed by atoms with van der Waals surface area (Å²) < 4.78 is 7.65. The second-order valence-electron chi connectivity index (χ2n) is 7.82. The average Bonchev–Trinajstić information content (AvgIpc) is 3.02. The van der Waals surface area contributed by atoms with E-state index in [0.29, 0.717) is 31.2 Å². The molecule has 1 N–H and O–H groups in total. The molecule has 0 unspecified atom stereocenters. The first-order valence-electron chi connectivity index (χ1n) is 10.0. The van der Waals surface area contributed by atoms with E-state index in [1.165, 1.54) is 0 Å². The minimum absolute atomic E-state index is 0.0830. The van der Waals surface area contributed by atoms with Crippen molar-refractivity contribution in [1.82, 2.24) is 15.1 Å². The van der Waals surface area contributed by atoms with Gasteiger partial charge in [0.25, 0.3) is 5.91 Å². The SMILES string of the molecule is Cc1cc(C)n(Cc2cccc(C(=O)NCc3ccc(OCC(C)C)cc3)c2)n1. The van der Waals surface area contributed by atoms with Crippen molar-refractivity contribution >= 4 is 5.91 Å². The van der Waals surface area contributed by atoms with Gasteiger partial charge in [0.2, 0.25) is 0 Å². The molecule has 5 nitrogen and oxygen atoms in total. The lowest BCUT2D eigenvalue weighted by Gasteiger charge is -2.10. The minimum atomic E-state index is -0.0830. The highest BCUT2D eigenvalue weighted by Gasteiger charge is 2.08. The Balaban J connectivity index is 1.57. The fourth-order valence-electron chi connectivity index (χ4n) is 3.07. The van der Waals surface area contributed by atoms with E-state index < -0.39 is 0 Å². The molecule has 0 radical (unpaired) electrons. The highest BCUT2D eigenvalue weighted by atomic mass is 16.5. The van der Waals surface area contributed by atoms with E-state index in [1.54, 1.807) is 0 Å². The number of aryl methyl sites for hydroxylation is 2. The molecule has 0 aliphatic heterocycles. The Hall–Kier alpha value is -3.08. The quantitative estimate of drug-likeness (QED) is 0.614. The number of hydrogen-bond donors (Lipinski definition) is 1. The van der Waals surface area contributed by atoms with Crippen LogP contribution in [-0.4, -0.2) is 22.3 Å². The summed E-state index contributed by atoms with van der Waals surface area (Å²) in [6, 6.07) is 17.6. The third-order valence-electron chi connectivity index (χ3n) is 4.58. The van der Waals surface area contributed by atoms with E-state index in [1.807, 2.05) is 67.1 Å². The Kier molecular flexibility index (Phi) is 6.70. The lowest BCUT2D eigenvalue weighted by molar-refractivity contribution is 0.0951. The van der Waals surface area contributed by atoms with Crippen LogP contribution < -0.4 is 10.1 Å². The smallest absolute Gasteiger partial charge is 0.251 e. The van der Waals surface area contributed by atoms with E-state index >= 15 is 0 Å². The van der Waals surface area contributed by atoms with Crippen LogP contribution in [-0.2, 0) is 13.1 Å². The van der Waals surface area contributed by atoms with Gasteiger partial charge >= 0.3 is 0 Å². The van der Waals surface area contributed by atoms with Crippen molar-refractivity contribution in [1.29, 1.82) is 0 Å². The van der Waals surface area contributed by atoms with E-state index in [2.05, 4.69) is 30.3 Å². The van der Waals surface area contributed by atoms with E-state index in [4.69, 9.17) is 4.74 Å². The van der Waals surface area contributed by atoms with Crippen LogP contribution in [0.1, 0.15) is 46.7 Å². The molecule has 1 amide bonds. The highest BCUT2D eigenvalue weighted by molar-refractivity contribution is 5.94. The Morgan fingerprint density at radius 2 is 1.83 bits per heavy atom. The van der Waals surface area contributed by atoms with E-state index in [9.17, 15) is 4.79 Å². The number of carbonyl (C=O) groups excluding carboxylic acids is 1. The molecule has 5 heteroatoms. The molecule has 0 aliphatic rings. The van der Waals surface area contributed by atoms with Crippen molar-refractivity contribution in [2.24, 2.45) is 5.92 Å². The summed E-state index contributed by atoms with van der Waals surface area (Å²) in [5.41, 5.74) is 4.85. The number of hydrogen-bond acceptors (Lipinski definition) is 3. The fraction of sp³-hybridized carbons (Fsp3) is 0.333. The average molecular weight is 392 g/mol. The molecule has 0 atom stereocenters. The maximum Gasteiger partial charge on any atom is 0.251 e. The lowest BCUT2D eigenvalue weighted by atomic mass is 10.1. The fourth-order valence-corrected chi connectivity index (χ4v) is 3.07. The second-order valence-corrected chi connectivity index (χ2v) is 7.82. The van der Waals surface area contributed by atoms with Crippen LogP contribution in [0.4, 0.5) is 0 Å². The Labute approximate surface area is 172 Å². The molecule has 0 aliphatic carbocycles. The van der Waals surface area contributed by atoms with Gasteiger partial charge in [0.15, 0.2) is 0 Å². The molecule has 29 heavy (non-hydrogen) atoms. The first-order valence-corrected chi connectivity index (χ1v) is 10.0. The van der Waals surface area contributed by atoms with Crippen molar-refractivity contribution in [3.8, 4) is 5.75 Å². The molecule has 152 valence electrons. The molecule has 2 aromatic carbocycles. The maximum atomic E-state index is 12.6. The zero-order valence-corrected chi connectivity index (χ0v) is 17.6. The van der Waals surface area contributed by atoms with Gasteiger partial charge in [-0.3, -0.25) is 9.48 Å². The van der Waals surface area contributed by atoms with Gasteiger partial charge in [-0.2, -0.15) is 5.10 Å². The summed E-state index contributed by atoms with van der Waals surface area (Å²) in [5, 5.41) is 7.48. The van der Waals surface area contributed by atoms with Crippen LogP contribution in [0.15, 0.2) is 54.6 Å². The molecular formula is C24H29N3O2. The standard InChI is InChI=1S/C24H29N3O2/c1-17(2)16-29-23-10-8-20(9-11-23)14-25-24(28)22-7-5-6-21(13-22)15-27-19(4)12-18(3)26-27/h5-13,17H,14-16H2,1-4H3,(H,25,28). The first-order chi connectivity index (χ1) is 13.9. The molecule has 3 aromatic rings. The predicted molar refractivity (Wildman–Crippen MR) is 115 cm³/mol. The van der Waals surface area contributed by atoms with Crippen molar-refractivity contribution in [3.05, 3.63) is 82.7 Å². The Bertz CT molecular complexity index is 959. The van der Waals surface area contributed by atoms with Gasteiger partial charge in [0, 0.05) is 17.8 Å². The zero-order valence-electron chi connectivity index (χ0n) is 17.6. The summed E-state index contributed by atoms with van der Waals surface area (Å²) in [6.45, 7) is 10.1. The monoisotopic (exact) mass is 391 g/mol. The van der Waals surface area contributed by atoms with E-state index in [0.717, 1.165) is 28.3 Å². The predicted octanol–water partition coefficient (Wildman–Crippen LogP) is 4.51. The molecular weight excluding hydrogens is 362 g/mol. The van der Waals surface area contributed by atoms with Crippen LogP contribution in [0.3, 0.4) is 0 Å². The van der Waals surface area contributed by atoms with Crippen LogP contribution in [0.5, 0.6) is 5.75 Å². The summed E-state index contributed by atoms with van der Waals surface area (Å²) >= 11 is 0. The van der Waals surface area contributed by atoms with Crippen molar-refractivity contribution in [2.75, 3.05) is 6.61 Å². The third kappa shape index (κ3) is 5.95. The van der Waals surface area contributed by atoms with E-state index in [-0.39, 0.29) is 5.91 Å². The van der Waals surface area contributed by atoms with Gasteiger partial charge in [0.1, 0.15) is 5.75 Å². The van der Waals surface area contributed by atoms with Crippen LogP contribution in [0, 0.1) is 19.8 Å². The molecule has 0 fully saturated rings. The first kappa shape index (κ1) is 20.6. The van der Waals surface area contributed by atoms with Gasteiger partial charge in [-0.1, -0.05) is 38.1 Å². The second kappa shape index (κ2) is 9.41. The number of nitrogens with zero attached hydrogens (tertiary/aromatic N) is 2. The lowest BCUT2D eigenvalue weighted by Crippen LogP contribution is -2.23. The number of carbonyl (C=O) groups is 1. The van der Waals surface area contributed by atoms with Crippen LogP contribution >= 0.6 is 0 Å². The minimum Gasteiger partial charge on any atom is -0.493 e. The third-order valence-corrected chi connectivity index (χ3v) is 4.58. The summed E-state index contributed by atoms with van der Waals surface area (Å²) in [5.74, 6) is 1.26. The van der Waals surface area contributed by atoms with Crippen molar-refractivity contribution in [2.45, 2.75) is 40.8 Å². The number of benzene rings is 2. The maximum absolute atomic E-state index is 12.6. The number of amides is 1. The van der Waals surface area contributed by atoms with Gasteiger partial charge < -0.3 is 10.1 Å².